The Morgan fingerprint density at radius 3 is 2.38 bits per heavy atom. The third-order valence-electron chi connectivity index (χ3n) is 5.95. The molecule has 4 rings (SSSR count). The van der Waals surface area contributed by atoms with E-state index in [2.05, 4.69) is 10.5 Å². The fourth-order valence-corrected chi connectivity index (χ4v) is 5.53. The monoisotopic (exact) mass is 615 g/mol. The lowest BCUT2D eigenvalue weighted by molar-refractivity contribution is -0.130. The molecule has 9 nitrogen and oxygen atoms in total. The second-order valence-electron chi connectivity index (χ2n) is 8.91. The molecule has 2 heterocycles. The molecule has 1 saturated heterocycles. The van der Waals surface area contributed by atoms with Gasteiger partial charge in [0.15, 0.2) is 5.69 Å². The Morgan fingerprint density at radius 1 is 1.10 bits per heavy atom. The molecule has 1 aliphatic heterocycles. The van der Waals surface area contributed by atoms with Crippen molar-refractivity contribution < 1.29 is 30.6 Å². The quantitative estimate of drug-likeness (QED) is 0.332. The van der Waals surface area contributed by atoms with Crippen molar-refractivity contribution in [3.05, 3.63) is 63.8 Å². The topological polar surface area (TPSA) is 117 Å². The molecule has 15 heteroatoms. The zero-order valence-electron chi connectivity index (χ0n) is 20.7. The maximum Gasteiger partial charge on any atom is 0.390 e. The lowest BCUT2D eigenvalue weighted by atomic mass is 10.1. The zero-order chi connectivity index (χ0) is 29.1. The number of hydrazine groups is 1. The average Bonchev–Trinajstić information content (AvgIpc) is 3.27. The summed E-state index contributed by atoms with van der Waals surface area (Å²) in [6.07, 6.45) is -3.35. The van der Waals surface area contributed by atoms with E-state index in [4.69, 9.17) is 27.4 Å². The van der Waals surface area contributed by atoms with Gasteiger partial charge in [-0.2, -0.15) is 31.9 Å². The molecular formula is C25H22Cl2F3N5O4S. The lowest BCUT2D eigenvalue weighted by Crippen LogP contribution is -2.45. The van der Waals surface area contributed by atoms with Gasteiger partial charge in [-0.1, -0.05) is 29.6 Å². The summed E-state index contributed by atoms with van der Waals surface area (Å²) in [5, 5.41) is 16.8. The van der Waals surface area contributed by atoms with Crippen LogP contribution in [-0.2, 0) is 10.1 Å². The number of amides is 1. The zero-order valence-corrected chi connectivity index (χ0v) is 23.0. The third-order valence-corrected chi connectivity index (χ3v) is 7.64. The molecule has 0 spiro atoms. The minimum absolute atomic E-state index is 0.0769. The standard InChI is InChI=1S/C25H22Cl2F3N5O4S/c26-17-6-9-21(20(27)14-17)35-23(19(15-31)22(32-35)24(36)33-34-11-2-1-3-12-34)16-4-7-18(8-5-16)39-40(37,38)13-10-25(28,29)30/h4-9,14H,1-3,10-13H2,(H,33,36). The Bertz CT molecular complexity index is 1550. The molecule has 0 atom stereocenters. The maximum atomic E-state index is 13.2. The number of piperidine rings is 1. The lowest BCUT2D eigenvalue weighted by Gasteiger charge is -2.26. The molecule has 0 aliphatic carbocycles. The van der Waals surface area contributed by atoms with Crippen LogP contribution >= 0.6 is 23.2 Å². The average molecular weight is 616 g/mol. The first-order chi connectivity index (χ1) is 18.9. The van der Waals surface area contributed by atoms with Crippen molar-refractivity contribution in [2.24, 2.45) is 0 Å². The highest BCUT2D eigenvalue weighted by atomic mass is 35.5. The van der Waals surface area contributed by atoms with Gasteiger partial charge >= 0.3 is 16.3 Å². The van der Waals surface area contributed by atoms with Crippen LogP contribution in [-0.4, -0.2) is 54.1 Å². The minimum atomic E-state index is -4.66. The number of alkyl halides is 3. The van der Waals surface area contributed by atoms with Gasteiger partial charge in [-0.15, -0.1) is 0 Å². The van der Waals surface area contributed by atoms with Crippen LogP contribution in [0.3, 0.4) is 0 Å². The van der Waals surface area contributed by atoms with E-state index >= 15 is 0 Å². The van der Waals surface area contributed by atoms with Gasteiger partial charge in [-0.3, -0.25) is 10.2 Å². The molecule has 1 aromatic heterocycles. The van der Waals surface area contributed by atoms with Crippen LogP contribution < -0.4 is 9.61 Å². The number of hydrogen-bond acceptors (Lipinski definition) is 7. The summed E-state index contributed by atoms with van der Waals surface area (Å²) in [5.74, 6) is -2.07. The molecule has 0 unspecified atom stereocenters. The molecule has 1 aliphatic rings. The predicted molar refractivity (Wildman–Crippen MR) is 142 cm³/mol. The first-order valence-electron chi connectivity index (χ1n) is 12.0. The van der Waals surface area contributed by atoms with Crippen LogP contribution in [0, 0.1) is 11.3 Å². The second kappa shape index (κ2) is 12.1. The smallest absolute Gasteiger partial charge is 0.382 e. The molecular weight excluding hydrogens is 594 g/mol. The van der Waals surface area contributed by atoms with Crippen LogP contribution in [0.25, 0.3) is 16.9 Å². The van der Waals surface area contributed by atoms with Gasteiger partial charge in [0, 0.05) is 23.7 Å². The molecule has 0 radical (unpaired) electrons. The number of halogens is 5. The van der Waals surface area contributed by atoms with Gasteiger partial charge in [-0.25, -0.2) is 9.69 Å². The number of rotatable bonds is 8. The molecule has 1 N–H and O–H groups in total. The van der Waals surface area contributed by atoms with Crippen LogP contribution in [0.2, 0.25) is 10.0 Å². The van der Waals surface area contributed by atoms with E-state index < -0.39 is 34.4 Å². The second-order valence-corrected chi connectivity index (χ2v) is 11.4. The van der Waals surface area contributed by atoms with Crippen LogP contribution in [0.1, 0.15) is 41.7 Å². The number of carbonyl (C=O) groups is 1. The molecule has 0 saturated carbocycles. The summed E-state index contributed by atoms with van der Waals surface area (Å²) < 4.78 is 67.5. The molecule has 1 fully saturated rings. The first-order valence-corrected chi connectivity index (χ1v) is 14.3. The number of hydrogen-bond donors (Lipinski definition) is 1. The largest absolute Gasteiger partial charge is 0.390 e. The van der Waals surface area contributed by atoms with Crippen molar-refractivity contribution in [2.75, 3.05) is 18.8 Å². The minimum Gasteiger partial charge on any atom is -0.382 e. The van der Waals surface area contributed by atoms with Crippen molar-refractivity contribution in [2.45, 2.75) is 31.9 Å². The number of benzene rings is 2. The van der Waals surface area contributed by atoms with E-state index in [1.54, 1.807) is 17.1 Å². The van der Waals surface area contributed by atoms with E-state index in [0.717, 1.165) is 19.3 Å². The third kappa shape index (κ3) is 7.25. The predicted octanol–water partition coefficient (Wildman–Crippen LogP) is 5.51. The number of nitriles is 1. The van der Waals surface area contributed by atoms with E-state index in [1.165, 1.54) is 35.0 Å². The molecule has 2 aromatic carbocycles. The van der Waals surface area contributed by atoms with Crippen molar-refractivity contribution >= 4 is 39.2 Å². The summed E-state index contributed by atoms with van der Waals surface area (Å²) in [6, 6.07) is 11.8. The van der Waals surface area contributed by atoms with Crippen molar-refractivity contribution in [3.8, 4) is 28.8 Å². The summed E-state index contributed by atoms with van der Waals surface area (Å²) in [7, 11) is -4.52. The maximum absolute atomic E-state index is 13.2. The van der Waals surface area contributed by atoms with Crippen molar-refractivity contribution in [1.29, 1.82) is 5.26 Å². The van der Waals surface area contributed by atoms with E-state index in [9.17, 15) is 31.6 Å². The van der Waals surface area contributed by atoms with Gasteiger partial charge in [0.05, 0.1) is 28.6 Å². The summed E-state index contributed by atoms with van der Waals surface area (Å²) >= 11 is 12.5. The number of carbonyl (C=O) groups excluding carboxylic acids is 1. The Kier molecular flexibility index (Phi) is 8.94. The molecule has 0 bridgehead atoms. The van der Waals surface area contributed by atoms with Crippen LogP contribution in [0.15, 0.2) is 42.5 Å². The molecule has 40 heavy (non-hydrogen) atoms. The van der Waals surface area contributed by atoms with Gasteiger partial charge in [0.2, 0.25) is 0 Å². The summed E-state index contributed by atoms with van der Waals surface area (Å²) in [5.41, 5.74) is 3.35. The number of nitrogens with one attached hydrogen (secondary N) is 1. The first kappa shape index (κ1) is 29.7. The Labute approximate surface area is 238 Å². The number of aromatic nitrogens is 2. The highest BCUT2D eigenvalue weighted by Crippen LogP contribution is 2.34. The Balaban J connectivity index is 1.72. The highest BCUT2D eigenvalue weighted by Gasteiger charge is 2.31. The normalized spacial score (nSPS) is 14.5. The highest BCUT2D eigenvalue weighted by molar-refractivity contribution is 7.87. The van der Waals surface area contributed by atoms with Crippen molar-refractivity contribution in [1.82, 2.24) is 20.2 Å². The van der Waals surface area contributed by atoms with Gasteiger partial charge < -0.3 is 4.18 Å². The Morgan fingerprint density at radius 2 is 1.77 bits per heavy atom. The fraction of sp³-hybridized carbons (Fsp3) is 0.320. The van der Waals surface area contributed by atoms with Gasteiger partial charge in [-0.05, 0) is 55.3 Å². The SMILES string of the molecule is N#Cc1c(C(=O)NN2CCCCC2)nn(-c2ccc(Cl)cc2Cl)c1-c1ccc(OS(=O)(=O)CCC(F)(F)F)cc1. The van der Waals surface area contributed by atoms with Crippen molar-refractivity contribution in [3.63, 3.8) is 0 Å². The van der Waals surface area contributed by atoms with Crippen LogP contribution in [0.4, 0.5) is 13.2 Å². The summed E-state index contributed by atoms with van der Waals surface area (Å²) in [6.45, 7) is 1.30. The Hall–Kier alpha value is -3.31. The van der Waals surface area contributed by atoms with E-state index in [0.29, 0.717) is 29.4 Å². The number of nitrogens with zero attached hydrogens (tertiary/aromatic N) is 4. The van der Waals surface area contributed by atoms with E-state index in [-0.39, 0.29) is 27.7 Å². The molecule has 212 valence electrons. The van der Waals surface area contributed by atoms with Gasteiger partial charge in [0.25, 0.3) is 5.91 Å². The molecule has 3 aromatic rings. The van der Waals surface area contributed by atoms with E-state index in [1.807, 2.05) is 6.07 Å². The fourth-order valence-electron chi connectivity index (χ4n) is 4.08. The van der Waals surface area contributed by atoms with Gasteiger partial charge in [0.1, 0.15) is 17.4 Å². The molecule has 1 amide bonds. The summed E-state index contributed by atoms with van der Waals surface area (Å²) in [4.78, 5) is 13.2. The van der Waals surface area contributed by atoms with Crippen LogP contribution in [0.5, 0.6) is 5.75 Å².